The molecule has 0 bridgehead atoms. The summed E-state index contributed by atoms with van der Waals surface area (Å²) in [4.78, 5) is 1.18. The molecule has 108 valence electrons. The van der Waals surface area contributed by atoms with Crippen molar-refractivity contribution in [2.45, 2.75) is 25.8 Å². The Labute approximate surface area is 132 Å². The SMILES string of the molecule is CCCNC(Cc1ccc(F)c(Cl)c1)c1ccc(Cl)s1. The summed E-state index contributed by atoms with van der Waals surface area (Å²) >= 11 is 13.4. The molecule has 0 fully saturated rings. The van der Waals surface area contributed by atoms with Gasteiger partial charge >= 0.3 is 0 Å². The first kappa shape index (κ1) is 15.8. The summed E-state index contributed by atoms with van der Waals surface area (Å²) in [5.74, 6) is -0.382. The second-order valence-corrected chi connectivity index (χ2v) is 6.76. The Balaban J connectivity index is 2.16. The van der Waals surface area contributed by atoms with Gasteiger partial charge in [-0.25, -0.2) is 4.39 Å². The zero-order valence-corrected chi connectivity index (χ0v) is 13.5. The molecule has 0 aliphatic heterocycles. The van der Waals surface area contributed by atoms with E-state index >= 15 is 0 Å². The minimum absolute atomic E-state index is 0.168. The number of halogens is 3. The van der Waals surface area contributed by atoms with Crippen LogP contribution in [0.25, 0.3) is 0 Å². The lowest BCUT2D eigenvalue weighted by atomic mass is 10.0. The molecule has 2 aromatic rings. The molecule has 0 aliphatic carbocycles. The van der Waals surface area contributed by atoms with Crippen LogP contribution in [0, 0.1) is 5.82 Å². The first-order valence-corrected chi connectivity index (χ1v) is 8.10. The van der Waals surface area contributed by atoms with Crippen LogP contribution in [-0.2, 0) is 6.42 Å². The molecule has 0 amide bonds. The Morgan fingerprint density at radius 1 is 1.25 bits per heavy atom. The van der Waals surface area contributed by atoms with Crippen LogP contribution in [0.5, 0.6) is 0 Å². The van der Waals surface area contributed by atoms with Gasteiger partial charge in [0.2, 0.25) is 0 Å². The van der Waals surface area contributed by atoms with Crippen molar-refractivity contribution >= 4 is 34.5 Å². The lowest BCUT2D eigenvalue weighted by Gasteiger charge is -2.17. The number of hydrogen-bond acceptors (Lipinski definition) is 2. The van der Waals surface area contributed by atoms with Gasteiger partial charge in [0.15, 0.2) is 0 Å². The van der Waals surface area contributed by atoms with E-state index in [2.05, 4.69) is 12.2 Å². The fourth-order valence-electron chi connectivity index (χ4n) is 2.01. The highest BCUT2D eigenvalue weighted by Crippen LogP contribution is 2.29. The standard InChI is InChI=1S/C15H16Cl2FNS/c1-2-7-19-13(14-5-6-15(17)20-14)9-10-3-4-12(18)11(16)8-10/h3-6,8,13,19H,2,7,9H2,1H3. The predicted molar refractivity (Wildman–Crippen MR) is 85.5 cm³/mol. The normalized spacial score (nSPS) is 12.6. The fraction of sp³-hybridized carbons (Fsp3) is 0.333. The highest BCUT2D eigenvalue weighted by atomic mass is 35.5. The molecule has 0 saturated heterocycles. The third-order valence-corrected chi connectivity index (χ3v) is 4.64. The van der Waals surface area contributed by atoms with Crippen molar-refractivity contribution in [3.63, 3.8) is 0 Å². The van der Waals surface area contributed by atoms with Crippen molar-refractivity contribution in [3.8, 4) is 0 Å². The molecular formula is C15H16Cl2FNS. The Morgan fingerprint density at radius 3 is 2.65 bits per heavy atom. The molecule has 20 heavy (non-hydrogen) atoms. The topological polar surface area (TPSA) is 12.0 Å². The lowest BCUT2D eigenvalue weighted by Crippen LogP contribution is -2.23. The molecule has 1 atom stereocenters. The first-order chi connectivity index (χ1) is 9.60. The monoisotopic (exact) mass is 331 g/mol. The van der Waals surface area contributed by atoms with Crippen LogP contribution in [0.4, 0.5) is 4.39 Å². The van der Waals surface area contributed by atoms with Gasteiger partial charge in [-0.1, -0.05) is 36.2 Å². The van der Waals surface area contributed by atoms with Crippen molar-refractivity contribution in [2.24, 2.45) is 0 Å². The van der Waals surface area contributed by atoms with Crippen LogP contribution < -0.4 is 5.32 Å². The van der Waals surface area contributed by atoms with Gasteiger partial charge in [-0.2, -0.15) is 0 Å². The van der Waals surface area contributed by atoms with E-state index in [1.165, 1.54) is 10.9 Å². The zero-order valence-electron chi connectivity index (χ0n) is 11.1. The first-order valence-electron chi connectivity index (χ1n) is 6.52. The third-order valence-electron chi connectivity index (χ3n) is 3.00. The summed E-state index contributed by atoms with van der Waals surface area (Å²) < 4.78 is 14.0. The van der Waals surface area contributed by atoms with Gasteiger partial charge in [-0.05, 0) is 49.2 Å². The van der Waals surface area contributed by atoms with Crippen molar-refractivity contribution in [3.05, 3.63) is 55.9 Å². The van der Waals surface area contributed by atoms with E-state index in [0.717, 1.165) is 29.3 Å². The largest absolute Gasteiger partial charge is 0.309 e. The van der Waals surface area contributed by atoms with Gasteiger partial charge in [-0.15, -0.1) is 11.3 Å². The summed E-state index contributed by atoms with van der Waals surface area (Å²) in [5.41, 5.74) is 1.01. The molecule has 1 aromatic heterocycles. The lowest BCUT2D eigenvalue weighted by molar-refractivity contribution is 0.536. The summed E-state index contributed by atoms with van der Waals surface area (Å²) in [6.45, 7) is 3.05. The van der Waals surface area contributed by atoms with Crippen molar-refractivity contribution < 1.29 is 4.39 Å². The second-order valence-electron chi connectivity index (χ2n) is 4.60. The number of rotatable bonds is 6. The van der Waals surface area contributed by atoms with E-state index in [9.17, 15) is 4.39 Å². The minimum atomic E-state index is -0.382. The second kappa shape index (κ2) is 7.41. The van der Waals surface area contributed by atoms with E-state index < -0.39 is 0 Å². The molecule has 5 heteroatoms. The minimum Gasteiger partial charge on any atom is -0.309 e. The van der Waals surface area contributed by atoms with Crippen LogP contribution in [0.3, 0.4) is 0 Å². The van der Waals surface area contributed by atoms with Crippen LogP contribution in [0.15, 0.2) is 30.3 Å². The van der Waals surface area contributed by atoms with Gasteiger partial charge in [0, 0.05) is 10.9 Å². The Hall–Kier alpha value is -0.610. The van der Waals surface area contributed by atoms with Crippen LogP contribution in [0.1, 0.15) is 29.8 Å². The fourth-order valence-corrected chi connectivity index (χ4v) is 3.35. The summed E-state index contributed by atoms with van der Waals surface area (Å²) in [6.07, 6.45) is 1.82. The molecule has 0 saturated carbocycles. The van der Waals surface area contributed by atoms with E-state index in [4.69, 9.17) is 23.2 Å². The third kappa shape index (κ3) is 4.19. The van der Waals surface area contributed by atoms with E-state index in [-0.39, 0.29) is 16.9 Å². The molecule has 2 rings (SSSR count). The maximum absolute atomic E-state index is 13.2. The van der Waals surface area contributed by atoms with Gasteiger partial charge in [0.1, 0.15) is 5.82 Å². The number of benzene rings is 1. The highest BCUT2D eigenvalue weighted by molar-refractivity contribution is 7.16. The van der Waals surface area contributed by atoms with Crippen molar-refractivity contribution in [1.29, 1.82) is 0 Å². The van der Waals surface area contributed by atoms with Gasteiger partial charge < -0.3 is 5.32 Å². The number of hydrogen-bond donors (Lipinski definition) is 1. The Kier molecular flexibility index (Phi) is 5.85. The average molecular weight is 332 g/mol. The molecule has 1 nitrogen and oxygen atoms in total. The maximum atomic E-state index is 13.2. The summed E-state index contributed by atoms with van der Waals surface area (Å²) in [7, 11) is 0. The number of thiophene rings is 1. The molecule has 1 unspecified atom stereocenters. The zero-order chi connectivity index (χ0) is 14.5. The summed E-state index contributed by atoms with van der Waals surface area (Å²) in [5, 5.41) is 3.66. The number of nitrogens with one attached hydrogen (secondary N) is 1. The van der Waals surface area contributed by atoms with Gasteiger partial charge in [-0.3, -0.25) is 0 Å². The van der Waals surface area contributed by atoms with E-state index in [1.807, 2.05) is 12.1 Å². The molecular weight excluding hydrogens is 316 g/mol. The van der Waals surface area contributed by atoms with Crippen molar-refractivity contribution in [2.75, 3.05) is 6.54 Å². The highest BCUT2D eigenvalue weighted by Gasteiger charge is 2.14. The predicted octanol–water partition coefficient (Wildman–Crippen LogP) is 5.48. The van der Waals surface area contributed by atoms with E-state index in [0.29, 0.717) is 0 Å². The van der Waals surface area contributed by atoms with Crippen LogP contribution in [-0.4, -0.2) is 6.54 Å². The summed E-state index contributed by atoms with van der Waals surface area (Å²) in [6, 6.07) is 8.99. The molecule has 0 spiro atoms. The smallest absolute Gasteiger partial charge is 0.141 e. The quantitative estimate of drug-likeness (QED) is 0.739. The molecule has 1 N–H and O–H groups in total. The van der Waals surface area contributed by atoms with Crippen LogP contribution >= 0.6 is 34.5 Å². The molecule has 0 radical (unpaired) electrons. The van der Waals surface area contributed by atoms with E-state index in [1.54, 1.807) is 23.5 Å². The molecule has 1 aromatic carbocycles. The molecule has 0 aliphatic rings. The molecule has 1 heterocycles. The van der Waals surface area contributed by atoms with Crippen molar-refractivity contribution in [1.82, 2.24) is 5.32 Å². The van der Waals surface area contributed by atoms with Gasteiger partial charge in [0.05, 0.1) is 9.36 Å². The maximum Gasteiger partial charge on any atom is 0.141 e. The Morgan fingerprint density at radius 2 is 2.05 bits per heavy atom. The Bertz CT molecular complexity index is 571. The average Bonchev–Trinajstić information content (AvgIpc) is 2.85. The van der Waals surface area contributed by atoms with Gasteiger partial charge in [0.25, 0.3) is 0 Å². The van der Waals surface area contributed by atoms with Crippen LogP contribution in [0.2, 0.25) is 9.36 Å².